The van der Waals surface area contributed by atoms with E-state index in [2.05, 4.69) is 54.6 Å². The summed E-state index contributed by atoms with van der Waals surface area (Å²) in [4.78, 5) is 24.0. The Morgan fingerprint density at radius 2 is 1.90 bits per heavy atom. The normalized spacial score (nSPS) is 10.7. The minimum atomic E-state index is -0.527. The number of nitrogens with one attached hydrogen (secondary N) is 2. The van der Waals surface area contributed by atoms with Crippen LogP contribution in [0.3, 0.4) is 0 Å². The van der Waals surface area contributed by atoms with Crippen molar-refractivity contribution in [3.8, 4) is 11.5 Å². The highest BCUT2D eigenvalue weighted by Gasteiger charge is 2.12. The van der Waals surface area contributed by atoms with E-state index in [0.29, 0.717) is 29.4 Å². The number of hydrogen-bond donors (Lipinski definition) is 2. The van der Waals surface area contributed by atoms with E-state index < -0.39 is 11.8 Å². The number of para-hydroxylation sites is 1. The zero-order valence-electron chi connectivity index (χ0n) is 16.7. The molecule has 0 heterocycles. The summed E-state index contributed by atoms with van der Waals surface area (Å²) in [5.74, 6) is 0.214. The number of carbonyl (C=O) groups is 2. The van der Waals surface area contributed by atoms with Crippen LogP contribution in [0.1, 0.15) is 31.7 Å². The Morgan fingerprint density at radius 1 is 1.13 bits per heavy atom. The summed E-state index contributed by atoms with van der Waals surface area (Å²) >= 11 is 6.81. The lowest BCUT2D eigenvalue weighted by molar-refractivity contribution is -0.126. The molecule has 7 nitrogen and oxygen atoms in total. The summed E-state index contributed by atoms with van der Waals surface area (Å²) in [6.07, 6.45) is 3.09. The number of hydrazone groups is 1. The maximum atomic E-state index is 12.0. The van der Waals surface area contributed by atoms with Gasteiger partial charge in [0.1, 0.15) is 6.42 Å². The van der Waals surface area contributed by atoms with Gasteiger partial charge in [0.2, 0.25) is 11.8 Å². The summed E-state index contributed by atoms with van der Waals surface area (Å²) < 4.78 is 12.6. The van der Waals surface area contributed by atoms with Crippen LogP contribution in [0.5, 0.6) is 11.5 Å². The summed E-state index contributed by atoms with van der Waals surface area (Å²) in [6.45, 7) is 2.68. The predicted octanol–water partition coefficient (Wildman–Crippen LogP) is 4.88. The fraction of sp³-hybridized carbons (Fsp3) is 0.286. The maximum absolute atomic E-state index is 12.0. The van der Waals surface area contributed by atoms with E-state index in [0.717, 1.165) is 21.8 Å². The van der Waals surface area contributed by atoms with Gasteiger partial charge in [0.05, 0.1) is 30.1 Å². The number of ether oxygens (including phenoxy) is 2. The van der Waals surface area contributed by atoms with E-state index in [1.165, 1.54) is 6.21 Å². The van der Waals surface area contributed by atoms with Crippen LogP contribution >= 0.6 is 31.9 Å². The maximum Gasteiger partial charge on any atom is 0.249 e. The number of methoxy groups -OCH3 is 1. The first kappa shape index (κ1) is 23.9. The van der Waals surface area contributed by atoms with Crippen LogP contribution in [0.2, 0.25) is 0 Å². The molecule has 0 aliphatic carbocycles. The summed E-state index contributed by atoms with van der Waals surface area (Å²) in [5.41, 5.74) is 3.63. The van der Waals surface area contributed by atoms with Gasteiger partial charge in [-0.3, -0.25) is 9.59 Å². The molecular formula is C21H23Br2N3O4. The molecule has 0 radical (unpaired) electrons. The van der Waals surface area contributed by atoms with Crippen LogP contribution in [0, 0.1) is 0 Å². The van der Waals surface area contributed by atoms with Crippen molar-refractivity contribution in [3.63, 3.8) is 0 Å². The predicted molar refractivity (Wildman–Crippen MR) is 124 cm³/mol. The molecule has 160 valence electrons. The molecule has 2 aromatic carbocycles. The van der Waals surface area contributed by atoms with Crippen LogP contribution in [-0.2, 0) is 9.59 Å². The van der Waals surface area contributed by atoms with Gasteiger partial charge in [-0.2, -0.15) is 5.10 Å². The first-order valence-electron chi connectivity index (χ1n) is 9.31. The number of carbonyl (C=O) groups excluding carboxylic acids is 2. The van der Waals surface area contributed by atoms with Crippen LogP contribution in [0.25, 0.3) is 0 Å². The Balaban J connectivity index is 1.92. The van der Waals surface area contributed by atoms with E-state index in [-0.39, 0.29) is 6.42 Å². The Labute approximate surface area is 192 Å². The third-order valence-electron chi connectivity index (χ3n) is 3.87. The fourth-order valence-corrected chi connectivity index (χ4v) is 3.35. The highest BCUT2D eigenvalue weighted by Crippen LogP contribution is 2.36. The number of halogens is 2. The third-order valence-corrected chi connectivity index (χ3v) is 5.15. The summed E-state index contributed by atoms with van der Waals surface area (Å²) in [7, 11) is 1.56. The molecule has 0 spiro atoms. The van der Waals surface area contributed by atoms with Crippen molar-refractivity contribution in [2.45, 2.75) is 26.2 Å². The number of amides is 2. The first-order chi connectivity index (χ1) is 14.4. The first-order valence-corrected chi connectivity index (χ1v) is 10.9. The number of unbranched alkanes of at least 4 members (excludes halogenated alkanes) is 1. The van der Waals surface area contributed by atoms with Gasteiger partial charge in [-0.05, 0) is 68.1 Å². The van der Waals surface area contributed by atoms with Crippen molar-refractivity contribution in [2.24, 2.45) is 5.10 Å². The van der Waals surface area contributed by atoms with Crippen molar-refractivity contribution in [1.82, 2.24) is 5.43 Å². The van der Waals surface area contributed by atoms with Crippen molar-refractivity contribution in [3.05, 3.63) is 50.9 Å². The molecule has 2 aromatic rings. The highest BCUT2D eigenvalue weighted by molar-refractivity contribution is 9.11. The van der Waals surface area contributed by atoms with Gasteiger partial charge in [-0.25, -0.2) is 5.43 Å². The molecule has 0 aliphatic rings. The van der Waals surface area contributed by atoms with E-state index in [1.807, 2.05) is 6.07 Å². The minimum absolute atomic E-state index is 0.351. The monoisotopic (exact) mass is 539 g/mol. The number of nitrogens with zero attached hydrogens (tertiary/aromatic N) is 1. The minimum Gasteiger partial charge on any atom is -0.493 e. The Kier molecular flexibility index (Phi) is 9.82. The van der Waals surface area contributed by atoms with E-state index in [1.54, 1.807) is 37.4 Å². The van der Waals surface area contributed by atoms with Crippen LogP contribution in [-0.4, -0.2) is 31.7 Å². The molecule has 0 bridgehead atoms. The lowest BCUT2D eigenvalue weighted by Crippen LogP contribution is -2.24. The molecule has 0 fully saturated rings. The van der Waals surface area contributed by atoms with E-state index >= 15 is 0 Å². The van der Waals surface area contributed by atoms with Crippen LogP contribution in [0.4, 0.5) is 5.69 Å². The molecule has 30 heavy (non-hydrogen) atoms. The second-order valence-electron chi connectivity index (χ2n) is 6.23. The zero-order chi connectivity index (χ0) is 21.9. The van der Waals surface area contributed by atoms with Crippen molar-refractivity contribution >= 4 is 55.6 Å². The highest BCUT2D eigenvalue weighted by atomic mass is 79.9. The molecule has 0 unspecified atom stereocenters. The quantitative estimate of drug-likeness (QED) is 0.194. The van der Waals surface area contributed by atoms with Crippen molar-refractivity contribution < 1.29 is 19.1 Å². The summed E-state index contributed by atoms with van der Waals surface area (Å²) in [5, 5.41) is 6.57. The molecule has 9 heteroatoms. The van der Waals surface area contributed by atoms with Crippen LogP contribution in [0.15, 0.2) is 50.4 Å². The number of anilines is 1. The number of hydrogen-bond acceptors (Lipinski definition) is 5. The molecule has 0 aliphatic heterocycles. The summed E-state index contributed by atoms with van der Waals surface area (Å²) in [6, 6.07) is 10.7. The largest absolute Gasteiger partial charge is 0.493 e. The topological polar surface area (TPSA) is 89.0 Å². The second kappa shape index (κ2) is 12.3. The third kappa shape index (κ3) is 7.46. The van der Waals surface area contributed by atoms with Gasteiger partial charge < -0.3 is 14.8 Å². The molecule has 2 amide bonds. The van der Waals surface area contributed by atoms with Gasteiger partial charge in [-0.1, -0.05) is 25.5 Å². The lowest BCUT2D eigenvalue weighted by atomic mass is 10.2. The molecule has 2 N–H and O–H groups in total. The van der Waals surface area contributed by atoms with E-state index in [9.17, 15) is 9.59 Å². The van der Waals surface area contributed by atoms with Crippen molar-refractivity contribution in [1.29, 1.82) is 0 Å². The van der Waals surface area contributed by atoms with Gasteiger partial charge in [0, 0.05) is 4.47 Å². The molecular weight excluding hydrogens is 518 g/mol. The second-order valence-corrected chi connectivity index (χ2v) is 7.94. The van der Waals surface area contributed by atoms with E-state index in [4.69, 9.17) is 9.47 Å². The Morgan fingerprint density at radius 3 is 2.60 bits per heavy atom. The van der Waals surface area contributed by atoms with Gasteiger partial charge in [0.25, 0.3) is 0 Å². The van der Waals surface area contributed by atoms with Gasteiger partial charge in [-0.15, -0.1) is 0 Å². The Bertz CT molecular complexity index is 919. The zero-order valence-corrected chi connectivity index (χ0v) is 19.9. The smallest absolute Gasteiger partial charge is 0.249 e. The number of rotatable bonds is 10. The van der Waals surface area contributed by atoms with Crippen molar-refractivity contribution in [2.75, 3.05) is 19.0 Å². The molecule has 0 saturated carbocycles. The molecule has 2 rings (SSSR count). The van der Waals surface area contributed by atoms with Gasteiger partial charge in [0.15, 0.2) is 11.5 Å². The van der Waals surface area contributed by atoms with Gasteiger partial charge >= 0.3 is 0 Å². The molecule has 0 saturated heterocycles. The SMILES string of the molecule is CCCCOc1c(Br)cc(C=NNC(=O)CC(=O)Nc2ccccc2Br)cc1OC. The fourth-order valence-electron chi connectivity index (χ4n) is 2.39. The Hall–Kier alpha value is -2.39. The molecule has 0 atom stereocenters. The van der Waals surface area contributed by atoms with Crippen LogP contribution < -0.4 is 20.2 Å². The average Bonchev–Trinajstić information content (AvgIpc) is 2.71. The molecule has 0 aromatic heterocycles. The standard InChI is InChI=1S/C21H23Br2N3O4/c1-3-4-9-30-21-16(23)10-14(11-18(21)29-2)13-24-26-20(28)12-19(27)25-17-8-6-5-7-15(17)22/h5-8,10-11,13H,3-4,9,12H2,1-2H3,(H,25,27)(H,26,28). The lowest BCUT2D eigenvalue weighted by Gasteiger charge is -2.13. The average molecular weight is 541 g/mol. The number of benzene rings is 2.